The summed E-state index contributed by atoms with van der Waals surface area (Å²) in [4.78, 5) is 16.2. The Labute approximate surface area is 159 Å². The summed E-state index contributed by atoms with van der Waals surface area (Å²) in [7, 11) is 0. The minimum absolute atomic E-state index is 0.270. The maximum Gasteiger partial charge on any atom is 0.252 e. The third-order valence-electron chi connectivity index (χ3n) is 3.68. The van der Waals surface area contributed by atoms with Crippen molar-refractivity contribution in [3.8, 4) is 5.75 Å². The Kier molecular flexibility index (Phi) is 5.96. The maximum absolute atomic E-state index is 13.1. The number of carbonyl (C=O) groups is 1. The van der Waals surface area contributed by atoms with Gasteiger partial charge in [-0.1, -0.05) is 18.2 Å². The van der Waals surface area contributed by atoms with Gasteiger partial charge in [-0.15, -0.1) is 0 Å². The number of pyridine rings is 1. The number of amides is 1. The van der Waals surface area contributed by atoms with Gasteiger partial charge in [0.15, 0.2) is 0 Å². The third kappa shape index (κ3) is 4.89. The number of nitrogens with one attached hydrogen (secondary N) is 1. The summed E-state index contributed by atoms with van der Waals surface area (Å²) >= 11 is 3.20. The molecule has 0 aliphatic rings. The van der Waals surface area contributed by atoms with Gasteiger partial charge < -0.3 is 10.1 Å². The first-order valence-corrected chi connectivity index (χ1v) is 8.75. The highest BCUT2D eigenvalue weighted by atomic mass is 79.9. The van der Waals surface area contributed by atoms with Crippen LogP contribution in [0.2, 0.25) is 0 Å². The first-order valence-electron chi connectivity index (χ1n) is 7.96. The molecule has 2 aromatic carbocycles. The SMILES string of the molecule is O=C(NCc1ccc(OCc2cccnc2)cc1)c1ccc(F)cc1Br. The lowest BCUT2D eigenvalue weighted by Gasteiger charge is -2.09. The van der Waals surface area contributed by atoms with Crippen LogP contribution in [0.1, 0.15) is 21.5 Å². The lowest BCUT2D eigenvalue weighted by molar-refractivity contribution is 0.0950. The van der Waals surface area contributed by atoms with Crippen LogP contribution in [0.5, 0.6) is 5.75 Å². The summed E-state index contributed by atoms with van der Waals surface area (Å²) in [6.45, 7) is 0.814. The van der Waals surface area contributed by atoms with E-state index in [1.165, 1.54) is 18.2 Å². The van der Waals surface area contributed by atoms with Crippen molar-refractivity contribution in [3.05, 3.63) is 94.0 Å². The molecule has 3 aromatic rings. The lowest BCUT2D eigenvalue weighted by atomic mass is 10.2. The van der Waals surface area contributed by atoms with Crippen molar-refractivity contribution in [3.63, 3.8) is 0 Å². The Balaban J connectivity index is 1.53. The Morgan fingerprint density at radius 2 is 1.92 bits per heavy atom. The van der Waals surface area contributed by atoms with Crippen molar-refractivity contribution < 1.29 is 13.9 Å². The fourth-order valence-corrected chi connectivity index (χ4v) is 2.84. The first-order chi connectivity index (χ1) is 12.6. The molecule has 0 aliphatic carbocycles. The van der Waals surface area contributed by atoms with Crippen LogP contribution in [-0.4, -0.2) is 10.9 Å². The number of nitrogens with zero attached hydrogens (tertiary/aromatic N) is 1. The maximum atomic E-state index is 13.1. The molecule has 0 saturated carbocycles. The minimum Gasteiger partial charge on any atom is -0.489 e. The van der Waals surface area contributed by atoms with Gasteiger partial charge in [-0.3, -0.25) is 9.78 Å². The van der Waals surface area contributed by atoms with Crippen LogP contribution in [0, 0.1) is 5.82 Å². The largest absolute Gasteiger partial charge is 0.489 e. The van der Waals surface area contributed by atoms with Crippen LogP contribution >= 0.6 is 15.9 Å². The highest BCUT2D eigenvalue weighted by Crippen LogP contribution is 2.18. The summed E-state index contributed by atoms with van der Waals surface area (Å²) in [5, 5.41) is 2.81. The minimum atomic E-state index is -0.393. The molecule has 6 heteroatoms. The summed E-state index contributed by atoms with van der Waals surface area (Å²) in [6.07, 6.45) is 3.48. The Morgan fingerprint density at radius 3 is 2.62 bits per heavy atom. The second kappa shape index (κ2) is 8.58. The van der Waals surface area contributed by atoms with Crippen LogP contribution in [-0.2, 0) is 13.2 Å². The highest BCUT2D eigenvalue weighted by molar-refractivity contribution is 9.10. The molecule has 0 atom stereocenters. The molecule has 0 aliphatic heterocycles. The van der Waals surface area contributed by atoms with E-state index in [-0.39, 0.29) is 5.91 Å². The van der Waals surface area contributed by atoms with Crippen molar-refractivity contribution in [1.29, 1.82) is 0 Å². The Morgan fingerprint density at radius 1 is 1.12 bits per heavy atom. The average Bonchev–Trinajstić information content (AvgIpc) is 2.66. The van der Waals surface area contributed by atoms with E-state index in [2.05, 4.69) is 26.2 Å². The fraction of sp³-hybridized carbons (Fsp3) is 0.100. The second-order valence-electron chi connectivity index (χ2n) is 5.60. The van der Waals surface area contributed by atoms with E-state index in [1.807, 2.05) is 36.4 Å². The van der Waals surface area contributed by atoms with E-state index in [0.29, 0.717) is 23.2 Å². The van der Waals surface area contributed by atoms with Gasteiger partial charge in [0.2, 0.25) is 0 Å². The average molecular weight is 415 g/mol. The molecule has 0 bridgehead atoms. The number of benzene rings is 2. The molecular formula is C20H16BrFN2O2. The van der Waals surface area contributed by atoms with Gasteiger partial charge in [0.1, 0.15) is 18.2 Å². The van der Waals surface area contributed by atoms with Crippen LogP contribution in [0.15, 0.2) is 71.5 Å². The van der Waals surface area contributed by atoms with Gasteiger partial charge in [-0.25, -0.2) is 4.39 Å². The molecule has 0 radical (unpaired) electrons. The number of halogens is 2. The number of ether oxygens (including phenoxy) is 1. The van der Waals surface area contributed by atoms with Crippen molar-refractivity contribution in [2.45, 2.75) is 13.2 Å². The van der Waals surface area contributed by atoms with Gasteiger partial charge in [0.05, 0.1) is 5.56 Å². The van der Waals surface area contributed by atoms with Crippen molar-refractivity contribution in [2.75, 3.05) is 0 Å². The monoisotopic (exact) mass is 414 g/mol. The Bertz CT molecular complexity index is 886. The third-order valence-corrected chi connectivity index (χ3v) is 4.34. The quantitative estimate of drug-likeness (QED) is 0.646. The van der Waals surface area contributed by atoms with Gasteiger partial charge in [-0.2, -0.15) is 0 Å². The molecule has 4 nitrogen and oxygen atoms in total. The molecular weight excluding hydrogens is 399 g/mol. The molecule has 1 heterocycles. The van der Waals surface area contributed by atoms with Crippen molar-refractivity contribution in [2.24, 2.45) is 0 Å². The van der Waals surface area contributed by atoms with Crippen molar-refractivity contribution >= 4 is 21.8 Å². The van der Waals surface area contributed by atoms with Crippen LogP contribution < -0.4 is 10.1 Å². The molecule has 1 aromatic heterocycles. The van der Waals surface area contributed by atoms with E-state index in [1.54, 1.807) is 12.4 Å². The smallest absolute Gasteiger partial charge is 0.252 e. The van der Waals surface area contributed by atoms with Crippen molar-refractivity contribution in [1.82, 2.24) is 10.3 Å². The van der Waals surface area contributed by atoms with Crippen LogP contribution in [0.3, 0.4) is 0 Å². The summed E-state index contributed by atoms with van der Waals surface area (Å²) in [5.41, 5.74) is 2.32. The number of aromatic nitrogens is 1. The fourth-order valence-electron chi connectivity index (χ4n) is 2.30. The molecule has 3 rings (SSSR count). The van der Waals surface area contributed by atoms with Gasteiger partial charge >= 0.3 is 0 Å². The molecule has 0 spiro atoms. The van der Waals surface area contributed by atoms with Crippen LogP contribution in [0.4, 0.5) is 4.39 Å². The molecule has 26 heavy (non-hydrogen) atoms. The normalized spacial score (nSPS) is 10.4. The first kappa shape index (κ1) is 18.1. The zero-order valence-corrected chi connectivity index (χ0v) is 15.4. The molecule has 132 valence electrons. The lowest BCUT2D eigenvalue weighted by Crippen LogP contribution is -2.23. The Hall–Kier alpha value is -2.73. The summed E-state index contributed by atoms with van der Waals surface area (Å²) in [6, 6.07) is 15.3. The number of hydrogen-bond donors (Lipinski definition) is 1. The molecule has 0 unspecified atom stereocenters. The van der Waals surface area contributed by atoms with E-state index < -0.39 is 5.82 Å². The number of rotatable bonds is 6. The van der Waals surface area contributed by atoms with E-state index in [9.17, 15) is 9.18 Å². The van der Waals surface area contributed by atoms with Gasteiger partial charge in [0, 0.05) is 29.0 Å². The van der Waals surface area contributed by atoms with Gasteiger partial charge in [0.25, 0.3) is 5.91 Å². The van der Waals surface area contributed by atoms with Gasteiger partial charge in [-0.05, 0) is 57.9 Å². The topological polar surface area (TPSA) is 51.2 Å². The molecule has 0 saturated heterocycles. The summed E-state index contributed by atoms with van der Waals surface area (Å²) in [5.74, 6) is 0.0780. The zero-order chi connectivity index (χ0) is 18.4. The highest BCUT2D eigenvalue weighted by Gasteiger charge is 2.10. The predicted octanol–water partition coefficient (Wildman–Crippen LogP) is 4.49. The number of carbonyl (C=O) groups excluding carboxylic acids is 1. The van der Waals surface area contributed by atoms with E-state index in [0.717, 1.165) is 16.9 Å². The van der Waals surface area contributed by atoms with E-state index in [4.69, 9.17) is 4.74 Å². The molecule has 0 fully saturated rings. The molecule has 1 amide bonds. The standard InChI is InChI=1S/C20H16BrFN2O2/c21-19-10-16(22)5-8-18(19)20(25)24-12-14-3-6-17(7-4-14)26-13-15-2-1-9-23-11-15/h1-11H,12-13H2,(H,24,25). The van der Waals surface area contributed by atoms with E-state index >= 15 is 0 Å². The second-order valence-corrected chi connectivity index (χ2v) is 6.46. The summed E-state index contributed by atoms with van der Waals surface area (Å²) < 4.78 is 19.2. The predicted molar refractivity (Wildman–Crippen MR) is 100 cm³/mol. The molecule has 1 N–H and O–H groups in total. The zero-order valence-electron chi connectivity index (χ0n) is 13.8. The van der Waals surface area contributed by atoms with Crippen LogP contribution in [0.25, 0.3) is 0 Å². The number of hydrogen-bond acceptors (Lipinski definition) is 3.